The zero-order chi connectivity index (χ0) is 11.5. The number of nitrogens with zero attached hydrogens (tertiary/aromatic N) is 1. The molecule has 82 valence electrons. The predicted molar refractivity (Wildman–Crippen MR) is 63.7 cm³/mol. The van der Waals surface area contributed by atoms with Gasteiger partial charge in [-0.1, -0.05) is 6.07 Å². The van der Waals surface area contributed by atoms with Gasteiger partial charge in [-0.3, -0.25) is 9.78 Å². The number of nitrogens with two attached hydrogens (primary N) is 1. The maximum Gasteiger partial charge on any atom is 0.252 e. The van der Waals surface area contributed by atoms with Crippen molar-refractivity contribution in [2.24, 2.45) is 0 Å². The maximum absolute atomic E-state index is 11.2. The van der Waals surface area contributed by atoms with Gasteiger partial charge in [-0.15, -0.1) is 0 Å². The fraction of sp³-hybridized carbons (Fsp3) is 0.0909. The van der Waals surface area contributed by atoms with Gasteiger partial charge in [-0.2, -0.15) is 0 Å². The average Bonchev–Trinajstić information content (AvgIpc) is 2.15. The average molecular weight is 216 g/mol. The van der Waals surface area contributed by atoms with E-state index in [9.17, 15) is 4.79 Å². The molecule has 4 N–H and O–H groups in total. The van der Waals surface area contributed by atoms with E-state index in [0.717, 1.165) is 5.69 Å². The van der Waals surface area contributed by atoms with Gasteiger partial charge in [0.1, 0.15) is 0 Å². The molecule has 0 aliphatic heterocycles. The Hall–Kier alpha value is -2.30. The molecule has 2 aromatic rings. The summed E-state index contributed by atoms with van der Waals surface area (Å²) in [4.78, 5) is 18.0. The fourth-order valence-corrected chi connectivity index (χ4v) is 1.39. The molecule has 0 spiro atoms. The van der Waals surface area contributed by atoms with Crippen molar-refractivity contribution in [3.63, 3.8) is 0 Å². The van der Waals surface area contributed by atoms with Crippen molar-refractivity contribution in [3.05, 3.63) is 46.4 Å². The number of hydrogen-bond donors (Lipinski definition) is 3. The molecule has 0 atom stereocenters. The molecule has 1 heterocycles. The normalized spacial score (nSPS) is 10.1. The number of hydrogen-bond acceptors (Lipinski definition) is 4. The van der Waals surface area contributed by atoms with E-state index in [1.54, 1.807) is 19.1 Å². The van der Waals surface area contributed by atoms with E-state index in [-0.39, 0.29) is 5.56 Å². The van der Waals surface area contributed by atoms with Crippen molar-refractivity contribution >= 4 is 17.3 Å². The van der Waals surface area contributed by atoms with Gasteiger partial charge in [-0.05, 0) is 25.1 Å². The summed E-state index contributed by atoms with van der Waals surface area (Å²) >= 11 is 0. The van der Waals surface area contributed by atoms with Crippen LogP contribution < -0.4 is 16.6 Å². The highest BCUT2D eigenvalue weighted by molar-refractivity contribution is 5.59. The number of aryl methyl sites for hydroxylation is 1. The molecule has 0 aliphatic carbocycles. The molecule has 5 nitrogen and oxygen atoms in total. The van der Waals surface area contributed by atoms with Gasteiger partial charge in [0.05, 0.1) is 0 Å². The summed E-state index contributed by atoms with van der Waals surface area (Å²) in [7, 11) is 0. The lowest BCUT2D eigenvalue weighted by molar-refractivity contribution is 1.07. The second-order valence-electron chi connectivity index (χ2n) is 3.49. The molecule has 0 amide bonds. The first-order valence-electron chi connectivity index (χ1n) is 4.84. The summed E-state index contributed by atoms with van der Waals surface area (Å²) in [5.41, 5.74) is 7.56. The molecular formula is C11H12N4O. The van der Waals surface area contributed by atoms with Crippen LogP contribution in [0.15, 0.2) is 35.1 Å². The van der Waals surface area contributed by atoms with Crippen LogP contribution in [-0.4, -0.2) is 9.97 Å². The van der Waals surface area contributed by atoms with E-state index in [1.807, 2.05) is 12.1 Å². The number of nitrogen functional groups attached to an aromatic ring is 1. The van der Waals surface area contributed by atoms with E-state index >= 15 is 0 Å². The van der Waals surface area contributed by atoms with Gasteiger partial charge >= 0.3 is 0 Å². The monoisotopic (exact) mass is 216 g/mol. The Kier molecular flexibility index (Phi) is 2.59. The highest BCUT2D eigenvalue weighted by atomic mass is 16.1. The van der Waals surface area contributed by atoms with E-state index in [1.165, 1.54) is 6.07 Å². The number of rotatable bonds is 2. The van der Waals surface area contributed by atoms with Crippen LogP contribution in [0, 0.1) is 6.92 Å². The van der Waals surface area contributed by atoms with E-state index in [4.69, 9.17) is 5.73 Å². The van der Waals surface area contributed by atoms with E-state index < -0.39 is 0 Å². The SMILES string of the molecule is Cc1cc(=O)[nH]c(Nc2cccc(N)c2)n1. The summed E-state index contributed by atoms with van der Waals surface area (Å²) in [5.74, 6) is 0.413. The van der Waals surface area contributed by atoms with E-state index in [0.29, 0.717) is 17.3 Å². The molecule has 0 fully saturated rings. The molecule has 0 saturated carbocycles. The third-order valence-electron chi connectivity index (χ3n) is 2.02. The number of aromatic nitrogens is 2. The Bertz CT molecular complexity index is 562. The number of benzene rings is 1. The lowest BCUT2D eigenvalue weighted by atomic mass is 10.3. The number of H-pyrrole nitrogens is 1. The first kappa shape index (κ1) is 10.2. The minimum absolute atomic E-state index is 0.182. The molecule has 0 saturated heterocycles. The number of nitrogens with one attached hydrogen (secondary N) is 2. The van der Waals surface area contributed by atoms with Crippen LogP contribution >= 0.6 is 0 Å². The molecule has 0 bridgehead atoms. The lowest BCUT2D eigenvalue weighted by Gasteiger charge is -2.05. The predicted octanol–water partition coefficient (Wildman–Crippen LogP) is 1.40. The Balaban J connectivity index is 2.30. The minimum Gasteiger partial charge on any atom is -0.399 e. The van der Waals surface area contributed by atoms with Crippen molar-refractivity contribution in [2.45, 2.75) is 6.92 Å². The quantitative estimate of drug-likeness (QED) is 0.662. The molecule has 16 heavy (non-hydrogen) atoms. The highest BCUT2D eigenvalue weighted by Crippen LogP contribution is 2.14. The lowest BCUT2D eigenvalue weighted by Crippen LogP contribution is -2.10. The van der Waals surface area contributed by atoms with Gasteiger partial charge in [0.25, 0.3) is 5.56 Å². The first-order chi connectivity index (χ1) is 7.63. The molecule has 5 heteroatoms. The summed E-state index contributed by atoms with van der Waals surface area (Å²) in [5, 5.41) is 2.98. The van der Waals surface area contributed by atoms with Crippen LogP contribution in [0.5, 0.6) is 0 Å². The smallest absolute Gasteiger partial charge is 0.252 e. The van der Waals surface area contributed by atoms with Crippen LogP contribution in [-0.2, 0) is 0 Å². The van der Waals surface area contributed by atoms with Crippen LogP contribution in [0.1, 0.15) is 5.69 Å². The summed E-state index contributed by atoms with van der Waals surface area (Å²) in [6.07, 6.45) is 0. The Morgan fingerprint density at radius 3 is 2.88 bits per heavy atom. The van der Waals surface area contributed by atoms with Gasteiger partial charge in [-0.25, -0.2) is 4.98 Å². The van der Waals surface area contributed by atoms with Crippen molar-refractivity contribution < 1.29 is 0 Å². The van der Waals surface area contributed by atoms with Crippen molar-refractivity contribution in [1.82, 2.24) is 9.97 Å². The number of anilines is 3. The number of aromatic amines is 1. The molecule has 2 rings (SSSR count). The zero-order valence-corrected chi connectivity index (χ0v) is 8.82. The van der Waals surface area contributed by atoms with Crippen LogP contribution in [0.2, 0.25) is 0 Å². The van der Waals surface area contributed by atoms with Crippen molar-refractivity contribution in [3.8, 4) is 0 Å². The summed E-state index contributed by atoms with van der Waals surface area (Å²) in [6.45, 7) is 1.76. The van der Waals surface area contributed by atoms with Gasteiger partial charge < -0.3 is 11.1 Å². The minimum atomic E-state index is -0.182. The highest BCUT2D eigenvalue weighted by Gasteiger charge is 1.98. The van der Waals surface area contributed by atoms with Crippen LogP contribution in [0.4, 0.5) is 17.3 Å². The second kappa shape index (κ2) is 4.06. The van der Waals surface area contributed by atoms with E-state index in [2.05, 4.69) is 15.3 Å². The van der Waals surface area contributed by atoms with Crippen molar-refractivity contribution in [2.75, 3.05) is 11.1 Å². The van der Waals surface area contributed by atoms with Gasteiger partial charge in [0.2, 0.25) is 5.95 Å². The maximum atomic E-state index is 11.2. The largest absolute Gasteiger partial charge is 0.399 e. The van der Waals surface area contributed by atoms with Gasteiger partial charge in [0.15, 0.2) is 0 Å². The Morgan fingerprint density at radius 2 is 2.19 bits per heavy atom. The first-order valence-corrected chi connectivity index (χ1v) is 4.84. The van der Waals surface area contributed by atoms with Gasteiger partial charge in [0, 0.05) is 23.1 Å². The third-order valence-corrected chi connectivity index (χ3v) is 2.02. The molecule has 1 aromatic heterocycles. The summed E-state index contributed by atoms with van der Waals surface area (Å²) in [6, 6.07) is 8.66. The Morgan fingerprint density at radius 1 is 1.38 bits per heavy atom. The molecular weight excluding hydrogens is 204 g/mol. The third kappa shape index (κ3) is 2.38. The molecule has 0 aliphatic rings. The van der Waals surface area contributed by atoms with Crippen LogP contribution in [0.3, 0.4) is 0 Å². The summed E-state index contributed by atoms with van der Waals surface area (Å²) < 4.78 is 0. The molecule has 1 aromatic carbocycles. The topological polar surface area (TPSA) is 83.8 Å². The van der Waals surface area contributed by atoms with Crippen molar-refractivity contribution in [1.29, 1.82) is 0 Å². The molecule has 0 radical (unpaired) electrons. The standard InChI is InChI=1S/C11H12N4O/c1-7-5-10(16)15-11(13-7)14-9-4-2-3-8(12)6-9/h2-6H,12H2,1H3,(H2,13,14,15,16). The second-order valence-corrected chi connectivity index (χ2v) is 3.49. The van der Waals surface area contributed by atoms with Crippen LogP contribution in [0.25, 0.3) is 0 Å². The molecule has 0 unspecified atom stereocenters. The fourth-order valence-electron chi connectivity index (χ4n) is 1.39. The zero-order valence-electron chi connectivity index (χ0n) is 8.82. The Labute approximate surface area is 92.3 Å².